The van der Waals surface area contributed by atoms with Gasteiger partial charge >= 0.3 is 0 Å². The van der Waals surface area contributed by atoms with Crippen molar-refractivity contribution in [1.82, 2.24) is 24.8 Å². The molecule has 8 heteroatoms. The fourth-order valence-corrected chi connectivity index (χ4v) is 4.55. The summed E-state index contributed by atoms with van der Waals surface area (Å²) in [6, 6.07) is 12.1. The first-order valence-electron chi connectivity index (χ1n) is 10.3. The van der Waals surface area contributed by atoms with Crippen molar-refractivity contribution < 1.29 is 4.79 Å². The van der Waals surface area contributed by atoms with Crippen molar-refractivity contribution in [1.29, 1.82) is 0 Å². The Bertz CT molecular complexity index is 1260. The Morgan fingerprint density at radius 2 is 1.90 bits per heavy atom. The van der Waals surface area contributed by atoms with Crippen LogP contribution >= 0.6 is 11.6 Å². The summed E-state index contributed by atoms with van der Waals surface area (Å²) in [7, 11) is 0. The zero-order valence-corrected chi connectivity index (χ0v) is 17.7. The predicted molar refractivity (Wildman–Crippen MR) is 123 cm³/mol. The van der Waals surface area contributed by atoms with Crippen molar-refractivity contribution in [3.63, 3.8) is 0 Å². The molecule has 5 rings (SSSR count). The molecule has 3 N–H and O–H groups in total. The Labute approximate surface area is 184 Å². The van der Waals surface area contributed by atoms with E-state index in [1.54, 1.807) is 0 Å². The third-order valence-electron chi connectivity index (χ3n) is 5.99. The molecule has 2 aromatic heterocycles. The van der Waals surface area contributed by atoms with Gasteiger partial charge in [0.15, 0.2) is 0 Å². The molecule has 158 valence electrons. The van der Waals surface area contributed by atoms with Gasteiger partial charge in [-0.1, -0.05) is 29.8 Å². The zero-order valence-electron chi connectivity index (χ0n) is 17.0. The number of aromatic nitrogens is 3. The van der Waals surface area contributed by atoms with Crippen molar-refractivity contribution >= 4 is 45.5 Å². The molecule has 0 aliphatic carbocycles. The van der Waals surface area contributed by atoms with Gasteiger partial charge in [0.1, 0.15) is 18.4 Å². The molecule has 0 saturated carbocycles. The number of nitrogens with two attached hydrogens (primary N) is 1. The second kappa shape index (κ2) is 8.26. The van der Waals surface area contributed by atoms with E-state index in [9.17, 15) is 4.79 Å². The maximum Gasteiger partial charge on any atom is 0.138 e. The first-order valence-corrected chi connectivity index (χ1v) is 10.6. The van der Waals surface area contributed by atoms with Crippen molar-refractivity contribution in [2.45, 2.75) is 19.1 Å². The fourth-order valence-electron chi connectivity index (χ4n) is 4.33. The molecule has 1 aliphatic heterocycles. The lowest BCUT2D eigenvalue weighted by Gasteiger charge is -2.39. The molecular weight excluding hydrogens is 412 g/mol. The quantitative estimate of drug-likeness (QED) is 0.468. The van der Waals surface area contributed by atoms with Crippen molar-refractivity contribution in [3.8, 4) is 0 Å². The summed E-state index contributed by atoms with van der Waals surface area (Å²) in [5.74, 6) is 0.482. The Balaban J connectivity index is 1.27. The van der Waals surface area contributed by atoms with Gasteiger partial charge in [-0.2, -0.15) is 0 Å². The Morgan fingerprint density at radius 1 is 1.10 bits per heavy atom. The lowest BCUT2D eigenvalue weighted by molar-refractivity contribution is -0.115. The maximum absolute atomic E-state index is 11.9. The van der Waals surface area contributed by atoms with E-state index in [2.05, 4.69) is 36.9 Å². The second-order valence-corrected chi connectivity index (χ2v) is 8.44. The minimum absolute atomic E-state index is 0.149. The minimum atomic E-state index is -0.149. The van der Waals surface area contributed by atoms with Crippen molar-refractivity contribution in [3.05, 3.63) is 65.1 Å². The molecule has 1 aliphatic rings. The highest BCUT2D eigenvalue weighted by atomic mass is 35.5. The summed E-state index contributed by atoms with van der Waals surface area (Å²) >= 11 is 6.18. The number of H-pyrrole nitrogens is 1. The molecule has 0 spiro atoms. The number of anilines is 1. The Morgan fingerprint density at radius 3 is 2.74 bits per heavy atom. The fraction of sp³-hybridized carbons (Fsp3) is 0.261. The van der Waals surface area contributed by atoms with Gasteiger partial charge in [-0.15, -0.1) is 0 Å². The molecule has 1 fully saturated rings. The van der Waals surface area contributed by atoms with Gasteiger partial charge in [-0.25, -0.2) is 9.97 Å². The topological polar surface area (TPSA) is 91.1 Å². The van der Waals surface area contributed by atoms with Crippen LogP contribution in [0.2, 0.25) is 5.02 Å². The number of piperazine rings is 1. The number of aldehydes is 1. The van der Waals surface area contributed by atoms with E-state index >= 15 is 0 Å². The van der Waals surface area contributed by atoms with Gasteiger partial charge in [0.05, 0.1) is 16.6 Å². The van der Waals surface area contributed by atoms with E-state index < -0.39 is 0 Å². The molecule has 1 unspecified atom stereocenters. The summed E-state index contributed by atoms with van der Waals surface area (Å²) in [5, 5.41) is 2.62. The third-order valence-corrected chi connectivity index (χ3v) is 6.31. The van der Waals surface area contributed by atoms with Crippen LogP contribution in [0.1, 0.15) is 11.1 Å². The Hall–Kier alpha value is -3.00. The summed E-state index contributed by atoms with van der Waals surface area (Å²) < 4.78 is 0. The first kappa shape index (κ1) is 19.9. The van der Waals surface area contributed by atoms with Crippen LogP contribution in [-0.4, -0.2) is 56.7 Å². The number of halogens is 1. The van der Waals surface area contributed by atoms with Crippen LogP contribution < -0.4 is 5.73 Å². The van der Waals surface area contributed by atoms with E-state index in [1.807, 2.05) is 30.5 Å². The van der Waals surface area contributed by atoms with Crippen LogP contribution in [0.15, 0.2) is 48.9 Å². The number of aromatic amines is 1. The summed E-state index contributed by atoms with van der Waals surface area (Å²) in [5.41, 5.74) is 10.1. The van der Waals surface area contributed by atoms with E-state index in [4.69, 9.17) is 17.3 Å². The highest BCUT2D eigenvalue weighted by molar-refractivity contribution is 6.35. The first-order chi connectivity index (χ1) is 15.1. The average Bonchev–Trinajstić information content (AvgIpc) is 3.15. The van der Waals surface area contributed by atoms with Crippen LogP contribution in [0, 0.1) is 0 Å². The van der Waals surface area contributed by atoms with Gasteiger partial charge in [-0.05, 0) is 29.3 Å². The molecule has 1 saturated heterocycles. The standard InChI is InChI=1S/C23H23ClN6O/c24-20-9-26-21-7-15(1-3-18(20)21)10-29-5-6-30(17(12-29)13-31)11-16-2-4-19-22(8-16)27-14-28-23(19)25/h1-4,7-9,13-14,17,26H,5-6,10-12H2,(H2,25,27,28). The molecule has 2 aromatic carbocycles. The minimum Gasteiger partial charge on any atom is -0.383 e. The smallest absolute Gasteiger partial charge is 0.138 e. The second-order valence-electron chi connectivity index (χ2n) is 8.04. The number of hydrogen-bond acceptors (Lipinski definition) is 6. The van der Waals surface area contributed by atoms with Crippen LogP contribution in [-0.2, 0) is 17.9 Å². The van der Waals surface area contributed by atoms with Crippen LogP contribution in [0.4, 0.5) is 5.82 Å². The Kier molecular flexibility index (Phi) is 5.31. The summed E-state index contributed by atoms with van der Waals surface area (Å²) in [6.45, 7) is 3.93. The van der Waals surface area contributed by atoms with E-state index in [0.29, 0.717) is 18.9 Å². The van der Waals surface area contributed by atoms with Crippen molar-refractivity contribution in [2.24, 2.45) is 0 Å². The summed E-state index contributed by atoms with van der Waals surface area (Å²) in [4.78, 5) is 28.0. The van der Waals surface area contributed by atoms with Gasteiger partial charge in [-0.3, -0.25) is 9.80 Å². The van der Waals surface area contributed by atoms with Gasteiger partial charge in [0.2, 0.25) is 0 Å². The molecule has 3 heterocycles. The van der Waals surface area contributed by atoms with Gasteiger partial charge in [0, 0.05) is 55.2 Å². The van der Waals surface area contributed by atoms with Crippen molar-refractivity contribution in [2.75, 3.05) is 25.4 Å². The number of fused-ring (bicyclic) bond motifs is 2. The number of carbonyl (C=O) groups is 1. The molecule has 31 heavy (non-hydrogen) atoms. The van der Waals surface area contributed by atoms with E-state index in [0.717, 1.165) is 58.3 Å². The third kappa shape index (κ3) is 3.99. The SMILES string of the molecule is Nc1ncnc2cc(CN3CCN(Cc4ccc5c(Cl)c[nH]c5c4)CC3C=O)ccc12. The predicted octanol–water partition coefficient (Wildman–Crippen LogP) is 3.23. The molecule has 1 atom stereocenters. The average molecular weight is 435 g/mol. The number of benzene rings is 2. The molecule has 0 amide bonds. The van der Waals surface area contributed by atoms with E-state index in [-0.39, 0.29) is 6.04 Å². The number of nitrogens with one attached hydrogen (secondary N) is 1. The largest absolute Gasteiger partial charge is 0.383 e. The van der Waals surface area contributed by atoms with Crippen LogP contribution in [0.25, 0.3) is 21.8 Å². The number of rotatable bonds is 5. The monoisotopic (exact) mass is 434 g/mol. The molecular formula is C23H23ClN6O. The highest BCUT2D eigenvalue weighted by Crippen LogP contribution is 2.25. The lowest BCUT2D eigenvalue weighted by Crippen LogP contribution is -2.53. The normalized spacial score (nSPS) is 18.0. The maximum atomic E-state index is 11.9. The number of nitrogens with zero attached hydrogens (tertiary/aromatic N) is 4. The lowest BCUT2D eigenvalue weighted by atomic mass is 10.1. The van der Waals surface area contributed by atoms with Crippen LogP contribution in [0.3, 0.4) is 0 Å². The zero-order chi connectivity index (χ0) is 21.4. The number of carbonyl (C=O) groups excluding carboxylic acids is 1. The van der Waals surface area contributed by atoms with Crippen LogP contribution in [0.5, 0.6) is 0 Å². The molecule has 0 radical (unpaired) electrons. The van der Waals surface area contributed by atoms with E-state index in [1.165, 1.54) is 11.9 Å². The van der Waals surface area contributed by atoms with Gasteiger partial charge in [0.25, 0.3) is 0 Å². The number of nitrogen functional groups attached to an aromatic ring is 1. The highest BCUT2D eigenvalue weighted by Gasteiger charge is 2.27. The molecule has 7 nitrogen and oxygen atoms in total. The summed E-state index contributed by atoms with van der Waals surface area (Å²) in [6.07, 6.45) is 4.35. The number of hydrogen-bond donors (Lipinski definition) is 2. The molecule has 4 aromatic rings. The molecule has 0 bridgehead atoms. The van der Waals surface area contributed by atoms with Gasteiger partial charge < -0.3 is 15.5 Å².